The SMILES string of the molecule is CCOc1cc(-c2[nH]c3c(C(C)C)cccc3c2CC(=O)O)ccc1OCc1ccccc1. The Morgan fingerprint density at radius 1 is 0.970 bits per heavy atom. The van der Waals surface area contributed by atoms with Gasteiger partial charge in [-0.15, -0.1) is 0 Å². The Labute approximate surface area is 194 Å². The minimum Gasteiger partial charge on any atom is -0.490 e. The molecule has 0 radical (unpaired) electrons. The zero-order valence-electron chi connectivity index (χ0n) is 19.2. The third-order valence-corrected chi connectivity index (χ3v) is 5.69. The van der Waals surface area contributed by atoms with Gasteiger partial charge in [0, 0.05) is 16.5 Å². The topological polar surface area (TPSA) is 71.6 Å². The molecule has 5 heteroatoms. The molecule has 0 saturated carbocycles. The van der Waals surface area contributed by atoms with Gasteiger partial charge in [0.2, 0.25) is 0 Å². The van der Waals surface area contributed by atoms with E-state index >= 15 is 0 Å². The fraction of sp³-hybridized carbons (Fsp3) is 0.250. The number of H-pyrrole nitrogens is 1. The molecule has 5 nitrogen and oxygen atoms in total. The molecule has 2 N–H and O–H groups in total. The lowest BCUT2D eigenvalue weighted by atomic mass is 9.97. The fourth-order valence-corrected chi connectivity index (χ4v) is 4.15. The highest BCUT2D eigenvalue weighted by molar-refractivity contribution is 5.96. The summed E-state index contributed by atoms with van der Waals surface area (Å²) in [6.45, 7) is 7.14. The van der Waals surface area contributed by atoms with Crippen molar-refractivity contribution in [1.29, 1.82) is 0 Å². The summed E-state index contributed by atoms with van der Waals surface area (Å²) >= 11 is 0. The zero-order valence-corrected chi connectivity index (χ0v) is 19.2. The van der Waals surface area contributed by atoms with Crippen LogP contribution >= 0.6 is 0 Å². The van der Waals surface area contributed by atoms with E-state index in [-0.39, 0.29) is 6.42 Å². The average Bonchev–Trinajstić information content (AvgIpc) is 3.17. The van der Waals surface area contributed by atoms with Crippen molar-refractivity contribution in [3.8, 4) is 22.8 Å². The number of hydrogen-bond donors (Lipinski definition) is 2. The summed E-state index contributed by atoms with van der Waals surface area (Å²) in [5.74, 6) is 0.740. The van der Waals surface area contributed by atoms with Crippen LogP contribution in [0.2, 0.25) is 0 Å². The summed E-state index contributed by atoms with van der Waals surface area (Å²) in [5.41, 5.74) is 5.67. The number of rotatable bonds is 9. The molecule has 0 atom stereocenters. The number of hydrogen-bond acceptors (Lipinski definition) is 3. The van der Waals surface area contributed by atoms with Crippen LogP contribution in [0.4, 0.5) is 0 Å². The van der Waals surface area contributed by atoms with Gasteiger partial charge in [-0.25, -0.2) is 0 Å². The largest absolute Gasteiger partial charge is 0.490 e. The number of carboxylic acid groups (broad SMARTS) is 1. The molecule has 33 heavy (non-hydrogen) atoms. The number of carboxylic acids is 1. The first-order valence-electron chi connectivity index (χ1n) is 11.3. The van der Waals surface area contributed by atoms with E-state index in [0.29, 0.717) is 30.6 Å². The third-order valence-electron chi connectivity index (χ3n) is 5.69. The Morgan fingerprint density at radius 2 is 1.76 bits per heavy atom. The van der Waals surface area contributed by atoms with Crippen LogP contribution in [0.25, 0.3) is 22.2 Å². The molecular weight excluding hydrogens is 414 g/mol. The molecule has 0 fully saturated rings. The van der Waals surface area contributed by atoms with Gasteiger partial charge in [-0.3, -0.25) is 4.79 Å². The smallest absolute Gasteiger partial charge is 0.307 e. The standard InChI is InChI=1S/C28H29NO4/c1-4-32-25-15-20(13-14-24(25)33-17-19-9-6-5-7-10-19)27-23(16-26(30)31)22-12-8-11-21(18(2)3)28(22)29-27/h5-15,18,29H,4,16-17H2,1-3H3,(H,30,31). The van der Waals surface area contributed by atoms with E-state index < -0.39 is 5.97 Å². The third kappa shape index (κ3) is 4.87. The van der Waals surface area contributed by atoms with Crippen LogP contribution in [0.15, 0.2) is 66.7 Å². The predicted molar refractivity (Wildman–Crippen MR) is 131 cm³/mol. The van der Waals surface area contributed by atoms with Gasteiger partial charge in [0.1, 0.15) is 6.61 Å². The van der Waals surface area contributed by atoms with Crippen LogP contribution in [-0.2, 0) is 17.8 Å². The summed E-state index contributed by atoms with van der Waals surface area (Å²) in [6.07, 6.45) is -0.0624. The molecule has 0 saturated heterocycles. The first-order chi connectivity index (χ1) is 16.0. The molecule has 0 spiro atoms. The van der Waals surface area contributed by atoms with E-state index in [4.69, 9.17) is 9.47 Å². The molecule has 0 amide bonds. The van der Waals surface area contributed by atoms with Crippen molar-refractivity contribution in [2.45, 2.75) is 39.7 Å². The number of aromatic amines is 1. The first-order valence-corrected chi connectivity index (χ1v) is 11.3. The second kappa shape index (κ2) is 9.82. The summed E-state index contributed by atoms with van der Waals surface area (Å²) in [7, 11) is 0. The summed E-state index contributed by atoms with van der Waals surface area (Å²) in [6, 6.07) is 21.8. The molecule has 3 aromatic carbocycles. The van der Waals surface area contributed by atoms with Gasteiger partial charge in [-0.05, 0) is 47.7 Å². The molecule has 1 aromatic heterocycles. The molecule has 4 aromatic rings. The minimum atomic E-state index is -0.861. The Hall–Kier alpha value is -3.73. The quantitative estimate of drug-likeness (QED) is 0.307. The Bertz CT molecular complexity index is 1260. The summed E-state index contributed by atoms with van der Waals surface area (Å²) in [4.78, 5) is 15.2. The number of aromatic nitrogens is 1. The number of benzene rings is 3. The van der Waals surface area contributed by atoms with Crippen LogP contribution < -0.4 is 9.47 Å². The van der Waals surface area contributed by atoms with Crippen molar-refractivity contribution < 1.29 is 19.4 Å². The number of aliphatic carboxylic acids is 1. The molecule has 4 rings (SSSR count). The maximum absolute atomic E-state index is 11.7. The van der Waals surface area contributed by atoms with E-state index in [1.807, 2.05) is 67.6 Å². The van der Waals surface area contributed by atoms with Gasteiger partial charge in [0.15, 0.2) is 11.5 Å². The number of carbonyl (C=O) groups is 1. The molecule has 1 heterocycles. The molecule has 0 aliphatic carbocycles. The normalized spacial score (nSPS) is 11.2. The first kappa shape index (κ1) is 22.5. The Kier molecular flexibility index (Phi) is 6.68. The molecule has 0 unspecified atom stereocenters. The van der Waals surface area contributed by atoms with E-state index in [1.165, 1.54) is 5.56 Å². The van der Waals surface area contributed by atoms with Gasteiger partial charge in [0.05, 0.1) is 18.7 Å². The summed E-state index contributed by atoms with van der Waals surface area (Å²) < 4.78 is 11.9. The van der Waals surface area contributed by atoms with E-state index in [9.17, 15) is 9.90 Å². The second-order valence-electron chi connectivity index (χ2n) is 8.34. The lowest BCUT2D eigenvalue weighted by molar-refractivity contribution is -0.136. The number of nitrogens with one attached hydrogen (secondary N) is 1. The number of fused-ring (bicyclic) bond motifs is 1. The summed E-state index contributed by atoms with van der Waals surface area (Å²) in [5, 5.41) is 10.5. The minimum absolute atomic E-state index is 0.0624. The highest BCUT2D eigenvalue weighted by atomic mass is 16.5. The van der Waals surface area contributed by atoms with Crippen molar-refractivity contribution in [3.63, 3.8) is 0 Å². The molecule has 0 aliphatic rings. The number of para-hydroxylation sites is 1. The van der Waals surface area contributed by atoms with Gasteiger partial charge in [-0.2, -0.15) is 0 Å². The van der Waals surface area contributed by atoms with Gasteiger partial charge >= 0.3 is 5.97 Å². The fourth-order valence-electron chi connectivity index (χ4n) is 4.15. The van der Waals surface area contributed by atoms with Crippen LogP contribution in [0.3, 0.4) is 0 Å². The Balaban J connectivity index is 1.77. The van der Waals surface area contributed by atoms with E-state index in [2.05, 4.69) is 24.9 Å². The van der Waals surface area contributed by atoms with Crippen LogP contribution in [0.5, 0.6) is 11.5 Å². The molecular formula is C28H29NO4. The van der Waals surface area contributed by atoms with Gasteiger partial charge in [-0.1, -0.05) is 62.4 Å². The van der Waals surface area contributed by atoms with Crippen molar-refractivity contribution in [2.75, 3.05) is 6.61 Å². The van der Waals surface area contributed by atoms with Crippen molar-refractivity contribution in [1.82, 2.24) is 4.98 Å². The zero-order chi connectivity index (χ0) is 23.4. The Morgan fingerprint density at radius 3 is 2.45 bits per heavy atom. The van der Waals surface area contributed by atoms with Crippen molar-refractivity contribution in [3.05, 3.63) is 83.4 Å². The van der Waals surface area contributed by atoms with E-state index in [1.54, 1.807) is 0 Å². The lowest BCUT2D eigenvalue weighted by Gasteiger charge is -2.14. The predicted octanol–water partition coefficient (Wildman–Crippen LogP) is 6.56. The average molecular weight is 444 g/mol. The second-order valence-corrected chi connectivity index (χ2v) is 8.34. The van der Waals surface area contributed by atoms with E-state index in [0.717, 1.165) is 33.3 Å². The highest BCUT2D eigenvalue weighted by Gasteiger charge is 2.20. The van der Waals surface area contributed by atoms with Crippen molar-refractivity contribution in [2.24, 2.45) is 0 Å². The molecule has 170 valence electrons. The van der Waals surface area contributed by atoms with Crippen molar-refractivity contribution >= 4 is 16.9 Å². The van der Waals surface area contributed by atoms with Crippen LogP contribution in [0, 0.1) is 0 Å². The van der Waals surface area contributed by atoms with Gasteiger partial charge in [0.25, 0.3) is 0 Å². The maximum Gasteiger partial charge on any atom is 0.307 e. The molecule has 0 bridgehead atoms. The lowest BCUT2D eigenvalue weighted by Crippen LogP contribution is -2.02. The monoisotopic (exact) mass is 443 g/mol. The van der Waals surface area contributed by atoms with Gasteiger partial charge < -0.3 is 19.6 Å². The highest BCUT2D eigenvalue weighted by Crippen LogP contribution is 2.38. The van der Waals surface area contributed by atoms with Crippen LogP contribution in [0.1, 0.15) is 43.4 Å². The maximum atomic E-state index is 11.7. The van der Waals surface area contributed by atoms with Crippen LogP contribution in [-0.4, -0.2) is 22.7 Å². The molecule has 0 aliphatic heterocycles. The number of ether oxygens (including phenoxy) is 2.